The van der Waals surface area contributed by atoms with Gasteiger partial charge < -0.3 is 19.9 Å². The van der Waals surface area contributed by atoms with Gasteiger partial charge in [0.25, 0.3) is 0 Å². The third kappa shape index (κ3) is 8.30. The number of carbonyl (C=O) groups is 3. The van der Waals surface area contributed by atoms with Crippen molar-refractivity contribution in [3.8, 4) is 0 Å². The molecule has 0 bridgehead atoms. The molecule has 0 saturated carbocycles. The Hall–Kier alpha value is -4.02. The highest BCUT2D eigenvalue weighted by Gasteiger charge is 2.44. The van der Waals surface area contributed by atoms with Crippen molar-refractivity contribution >= 4 is 23.6 Å². The largest absolute Gasteiger partial charge is 0.463 e. The van der Waals surface area contributed by atoms with Crippen LogP contribution in [0.5, 0.6) is 0 Å². The number of rotatable bonds is 9. The monoisotopic (exact) mass is 602 g/mol. The number of halogens is 3. The zero-order valence-electron chi connectivity index (χ0n) is 25.8. The molecule has 1 aromatic carbocycles. The number of benzene rings is 1. The second-order valence-corrected chi connectivity index (χ2v) is 11.9. The average Bonchev–Trinajstić information content (AvgIpc) is 2.90. The zero-order valence-corrected chi connectivity index (χ0v) is 25.8. The fourth-order valence-corrected chi connectivity index (χ4v) is 5.14. The molecule has 8 nitrogen and oxygen atoms in total. The molecule has 0 spiro atoms. The van der Waals surface area contributed by atoms with E-state index in [2.05, 4.69) is 44.3 Å². The van der Waals surface area contributed by atoms with Crippen LogP contribution in [0.2, 0.25) is 0 Å². The van der Waals surface area contributed by atoms with Crippen molar-refractivity contribution in [2.45, 2.75) is 59.7 Å². The van der Waals surface area contributed by atoms with Gasteiger partial charge in [0.05, 0.1) is 29.5 Å². The quantitative estimate of drug-likeness (QED) is 0.339. The maximum atomic E-state index is 14.2. The van der Waals surface area contributed by atoms with Crippen LogP contribution in [0, 0.1) is 11.3 Å². The maximum absolute atomic E-state index is 14.2. The number of hydrogen-bond acceptors (Lipinski definition) is 5. The standard InChI is InChI=1S/C32H41F3N4O4/c1-8-43-29(41)28-21(2)39(25-14-10-13-24(19-25)32(33,34)35)30(42)38(20-27(40)36-15-16-37(6)7)26(28)18-22-11-9-12-23(17-22)31(3,4)5/h9-10,12-17,19,22,26H,8,11,18,20H2,1-7H3,(H,36,40). The lowest BCUT2D eigenvalue weighted by atomic mass is 9.78. The molecule has 3 amide bonds. The van der Waals surface area contributed by atoms with Gasteiger partial charge in [-0.05, 0) is 61.8 Å². The van der Waals surface area contributed by atoms with E-state index >= 15 is 0 Å². The Morgan fingerprint density at radius 2 is 1.88 bits per heavy atom. The Bertz CT molecular complexity index is 1340. The Kier molecular flexibility index (Phi) is 10.5. The molecule has 2 unspecified atom stereocenters. The summed E-state index contributed by atoms with van der Waals surface area (Å²) < 4.78 is 46.3. The van der Waals surface area contributed by atoms with Crippen molar-refractivity contribution in [2.24, 2.45) is 11.3 Å². The van der Waals surface area contributed by atoms with Crippen LogP contribution in [-0.2, 0) is 20.5 Å². The van der Waals surface area contributed by atoms with Crippen molar-refractivity contribution in [1.82, 2.24) is 15.1 Å². The van der Waals surface area contributed by atoms with Crippen LogP contribution in [0.3, 0.4) is 0 Å². The highest BCUT2D eigenvalue weighted by molar-refractivity contribution is 6.04. The Morgan fingerprint density at radius 3 is 2.49 bits per heavy atom. The molecule has 0 radical (unpaired) electrons. The number of carbonyl (C=O) groups excluding carboxylic acids is 3. The molecular formula is C32H41F3N4O4. The van der Waals surface area contributed by atoms with Crippen molar-refractivity contribution in [1.29, 1.82) is 0 Å². The number of amides is 3. The number of hydrogen-bond donors (Lipinski definition) is 1. The van der Waals surface area contributed by atoms with Gasteiger partial charge in [-0.25, -0.2) is 9.59 Å². The van der Waals surface area contributed by atoms with Gasteiger partial charge in [-0.1, -0.05) is 45.1 Å². The van der Waals surface area contributed by atoms with Crippen LogP contribution in [0.1, 0.15) is 53.0 Å². The molecule has 1 aliphatic heterocycles. The van der Waals surface area contributed by atoms with Crippen molar-refractivity contribution < 1.29 is 32.3 Å². The van der Waals surface area contributed by atoms with Gasteiger partial charge in [-0.3, -0.25) is 9.69 Å². The number of alkyl halides is 3. The van der Waals surface area contributed by atoms with Gasteiger partial charge in [0, 0.05) is 32.2 Å². The van der Waals surface area contributed by atoms with Crippen LogP contribution in [-0.4, -0.2) is 61.0 Å². The highest BCUT2D eigenvalue weighted by atomic mass is 19.4. The van der Waals surface area contributed by atoms with Gasteiger partial charge in [-0.2, -0.15) is 13.2 Å². The number of urea groups is 1. The van der Waals surface area contributed by atoms with Crippen LogP contribution < -0.4 is 10.2 Å². The van der Waals surface area contributed by atoms with Crippen LogP contribution >= 0.6 is 0 Å². The Balaban J connectivity index is 2.16. The molecule has 11 heteroatoms. The average molecular weight is 603 g/mol. The topological polar surface area (TPSA) is 82.2 Å². The van der Waals surface area contributed by atoms with Crippen LogP contribution in [0.4, 0.5) is 23.7 Å². The molecular weight excluding hydrogens is 561 g/mol. The molecule has 1 heterocycles. The molecule has 43 heavy (non-hydrogen) atoms. The molecule has 1 N–H and O–H groups in total. The third-order valence-electron chi connectivity index (χ3n) is 7.27. The fraction of sp³-hybridized carbons (Fsp3) is 0.469. The second kappa shape index (κ2) is 13.5. The van der Waals surface area contributed by atoms with E-state index in [-0.39, 0.29) is 34.9 Å². The van der Waals surface area contributed by atoms with Gasteiger partial charge in [0.15, 0.2) is 0 Å². The van der Waals surface area contributed by atoms with Crippen molar-refractivity contribution in [3.05, 3.63) is 77.3 Å². The summed E-state index contributed by atoms with van der Waals surface area (Å²) in [6.45, 7) is 9.05. The van der Waals surface area contributed by atoms with E-state index < -0.39 is 42.2 Å². The van der Waals surface area contributed by atoms with E-state index in [1.165, 1.54) is 30.2 Å². The molecule has 1 aliphatic carbocycles. The van der Waals surface area contributed by atoms with E-state index in [9.17, 15) is 27.6 Å². The predicted octanol–water partition coefficient (Wildman–Crippen LogP) is 6.24. The number of allylic oxidation sites excluding steroid dienone is 5. The molecule has 2 atom stereocenters. The van der Waals surface area contributed by atoms with Crippen LogP contribution in [0.15, 0.2) is 71.7 Å². The molecule has 0 fully saturated rings. The molecule has 0 saturated heterocycles. The zero-order chi connectivity index (χ0) is 32.1. The summed E-state index contributed by atoms with van der Waals surface area (Å²) in [5.74, 6) is -1.30. The lowest BCUT2D eigenvalue weighted by Gasteiger charge is -2.43. The smallest absolute Gasteiger partial charge is 0.416 e. The highest BCUT2D eigenvalue weighted by Crippen LogP contribution is 2.39. The summed E-state index contributed by atoms with van der Waals surface area (Å²) in [6.07, 6.45) is 5.59. The number of ether oxygens (including phenoxy) is 1. The number of nitrogens with zero attached hydrogens (tertiary/aromatic N) is 3. The first-order valence-corrected chi connectivity index (χ1v) is 14.2. The van der Waals surface area contributed by atoms with E-state index in [1.54, 1.807) is 32.1 Å². The SMILES string of the molecule is CCOC(=O)C1=C(C)N(c2cccc(C(F)(F)F)c2)C(=O)N(CC(=O)NC=CN(C)C)C1CC1C=C(C(C)(C)C)C=CC1. The van der Waals surface area contributed by atoms with E-state index in [1.807, 2.05) is 0 Å². The third-order valence-corrected chi connectivity index (χ3v) is 7.27. The summed E-state index contributed by atoms with van der Waals surface area (Å²) in [7, 11) is 3.55. The molecule has 3 rings (SSSR count). The normalized spacial score (nSPS) is 19.6. The lowest BCUT2D eigenvalue weighted by molar-refractivity contribution is -0.140. The summed E-state index contributed by atoms with van der Waals surface area (Å²) >= 11 is 0. The first kappa shape index (κ1) is 33.5. The summed E-state index contributed by atoms with van der Waals surface area (Å²) in [4.78, 5) is 44.8. The number of esters is 1. The lowest BCUT2D eigenvalue weighted by Crippen LogP contribution is -2.57. The van der Waals surface area contributed by atoms with Crippen molar-refractivity contribution in [2.75, 3.05) is 32.1 Å². The fourth-order valence-electron chi connectivity index (χ4n) is 5.14. The minimum Gasteiger partial charge on any atom is -0.463 e. The Morgan fingerprint density at radius 1 is 1.19 bits per heavy atom. The first-order valence-electron chi connectivity index (χ1n) is 14.2. The minimum absolute atomic E-state index is 0.0515. The first-order chi connectivity index (χ1) is 20.0. The van der Waals surface area contributed by atoms with Gasteiger partial charge in [0.1, 0.15) is 6.54 Å². The Labute approximate surface area is 251 Å². The van der Waals surface area contributed by atoms with E-state index in [4.69, 9.17) is 4.74 Å². The maximum Gasteiger partial charge on any atom is 0.416 e. The molecule has 0 aromatic heterocycles. The summed E-state index contributed by atoms with van der Waals surface area (Å²) in [5.41, 5.74) is 0.224. The van der Waals surface area contributed by atoms with Gasteiger partial charge in [0.2, 0.25) is 5.91 Å². The van der Waals surface area contributed by atoms with E-state index in [0.717, 1.165) is 22.6 Å². The molecule has 234 valence electrons. The molecule has 2 aliphatic rings. The predicted molar refractivity (Wildman–Crippen MR) is 160 cm³/mol. The number of anilines is 1. The van der Waals surface area contributed by atoms with Gasteiger partial charge in [-0.15, -0.1) is 0 Å². The van der Waals surface area contributed by atoms with Crippen molar-refractivity contribution in [3.63, 3.8) is 0 Å². The summed E-state index contributed by atoms with van der Waals surface area (Å²) in [6, 6.07) is 2.74. The van der Waals surface area contributed by atoms with E-state index in [0.29, 0.717) is 12.8 Å². The summed E-state index contributed by atoms with van der Waals surface area (Å²) in [5, 5.41) is 2.62. The number of nitrogens with one attached hydrogen (secondary N) is 1. The minimum atomic E-state index is -4.65. The molecule has 1 aromatic rings. The van der Waals surface area contributed by atoms with Crippen LogP contribution in [0.25, 0.3) is 0 Å². The second-order valence-electron chi connectivity index (χ2n) is 11.9. The van der Waals surface area contributed by atoms with Gasteiger partial charge >= 0.3 is 18.2 Å².